The number of ether oxygens (including phenoxy) is 1. The number of rotatable bonds is 8. The van der Waals surface area contributed by atoms with Crippen molar-refractivity contribution in [2.75, 3.05) is 45.7 Å². The molecule has 0 bridgehead atoms. The van der Waals surface area contributed by atoms with Crippen LogP contribution in [0, 0.1) is 6.92 Å². The Bertz CT molecular complexity index is 423. The molecule has 1 aromatic heterocycles. The second-order valence-corrected chi connectivity index (χ2v) is 4.34. The molecule has 0 atom stereocenters. The zero-order chi connectivity index (χ0) is 14.3. The highest BCUT2D eigenvalue weighted by Crippen LogP contribution is 2.06. The second kappa shape index (κ2) is 7.65. The van der Waals surface area contributed by atoms with E-state index in [1.54, 1.807) is 6.92 Å². The minimum Gasteiger partial charge on any atom is -0.478 e. The van der Waals surface area contributed by atoms with Crippen LogP contribution in [0.3, 0.4) is 0 Å². The average Bonchev–Trinajstić information content (AvgIpc) is 2.32. The molecule has 0 aromatic carbocycles. The van der Waals surface area contributed by atoms with Gasteiger partial charge in [0.05, 0.1) is 24.5 Å². The minimum atomic E-state index is -1.02. The van der Waals surface area contributed by atoms with E-state index in [1.807, 2.05) is 19.0 Å². The topological polar surface area (TPSA) is 87.6 Å². The van der Waals surface area contributed by atoms with E-state index in [4.69, 9.17) is 9.84 Å². The second-order valence-electron chi connectivity index (χ2n) is 4.34. The Hall–Kier alpha value is -1.73. The van der Waals surface area contributed by atoms with Gasteiger partial charge in [-0.05, 0) is 21.0 Å². The molecule has 2 N–H and O–H groups in total. The molecule has 0 spiro atoms. The molecule has 19 heavy (non-hydrogen) atoms. The summed E-state index contributed by atoms with van der Waals surface area (Å²) in [4.78, 5) is 20.9. The van der Waals surface area contributed by atoms with Crippen LogP contribution >= 0.6 is 0 Å². The smallest absolute Gasteiger partial charge is 0.339 e. The number of hydrogen-bond donors (Lipinski definition) is 2. The Morgan fingerprint density at radius 2 is 2.21 bits per heavy atom. The van der Waals surface area contributed by atoms with Gasteiger partial charge in [0.2, 0.25) is 5.95 Å². The maximum atomic E-state index is 10.8. The molecular formula is C12H20N4O3. The van der Waals surface area contributed by atoms with E-state index in [2.05, 4.69) is 15.3 Å². The van der Waals surface area contributed by atoms with E-state index in [9.17, 15) is 4.79 Å². The van der Waals surface area contributed by atoms with Crippen LogP contribution < -0.4 is 5.32 Å². The number of likely N-dealkylation sites (N-methyl/N-ethyl adjacent to an activating group) is 1. The molecule has 0 aliphatic carbocycles. The predicted molar refractivity (Wildman–Crippen MR) is 71.6 cm³/mol. The number of aromatic carboxylic acids is 1. The molecule has 1 heterocycles. The third kappa shape index (κ3) is 5.62. The lowest BCUT2D eigenvalue weighted by Crippen LogP contribution is -2.20. The lowest BCUT2D eigenvalue weighted by Gasteiger charge is -2.10. The van der Waals surface area contributed by atoms with Crippen molar-refractivity contribution in [2.45, 2.75) is 6.92 Å². The standard InChI is InChI=1S/C12H20N4O3/c1-9-10(11(17)18)8-14-12(15-9)13-4-6-19-7-5-16(2)3/h8H,4-7H2,1-3H3,(H,17,18)(H,13,14,15). The zero-order valence-electron chi connectivity index (χ0n) is 11.5. The van der Waals surface area contributed by atoms with Gasteiger partial charge in [0.15, 0.2) is 0 Å². The summed E-state index contributed by atoms with van der Waals surface area (Å²) in [6.45, 7) is 4.33. The lowest BCUT2D eigenvalue weighted by atomic mass is 10.2. The third-order valence-electron chi connectivity index (χ3n) is 2.42. The number of nitrogens with zero attached hydrogens (tertiary/aromatic N) is 3. The average molecular weight is 268 g/mol. The van der Waals surface area contributed by atoms with Gasteiger partial charge in [0, 0.05) is 19.3 Å². The number of aryl methyl sites for hydroxylation is 1. The van der Waals surface area contributed by atoms with Crippen molar-refractivity contribution in [3.63, 3.8) is 0 Å². The molecule has 0 saturated carbocycles. The van der Waals surface area contributed by atoms with Crippen LogP contribution in [0.2, 0.25) is 0 Å². The fourth-order valence-corrected chi connectivity index (χ4v) is 1.35. The van der Waals surface area contributed by atoms with Gasteiger partial charge in [-0.15, -0.1) is 0 Å². The largest absolute Gasteiger partial charge is 0.478 e. The Morgan fingerprint density at radius 3 is 2.79 bits per heavy atom. The minimum absolute atomic E-state index is 0.118. The number of anilines is 1. The van der Waals surface area contributed by atoms with Crippen LogP contribution in [-0.2, 0) is 4.74 Å². The van der Waals surface area contributed by atoms with Crippen molar-refractivity contribution < 1.29 is 14.6 Å². The Balaban J connectivity index is 2.30. The number of carboxylic acid groups (broad SMARTS) is 1. The molecule has 0 saturated heterocycles. The lowest BCUT2D eigenvalue weighted by molar-refractivity contribution is 0.0695. The summed E-state index contributed by atoms with van der Waals surface area (Å²) >= 11 is 0. The predicted octanol–water partition coefficient (Wildman–Crippen LogP) is 0.473. The van der Waals surface area contributed by atoms with Crippen molar-refractivity contribution in [2.24, 2.45) is 0 Å². The monoisotopic (exact) mass is 268 g/mol. The summed E-state index contributed by atoms with van der Waals surface area (Å²) in [7, 11) is 3.98. The highest BCUT2D eigenvalue weighted by Gasteiger charge is 2.09. The Labute approximate surface area is 112 Å². The van der Waals surface area contributed by atoms with Crippen molar-refractivity contribution in [3.8, 4) is 0 Å². The summed E-state index contributed by atoms with van der Waals surface area (Å²) < 4.78 is 5.40. The van der Waals surface area contributed by atoms with Crippen molar-refractivity contribution in [1.82, 2.24) is 14.9 Å². The van der Waals surface area contributed by atoms with Crippen LogP contribution in [0.1, 0.15) is 16.1 Å². The SMILES string of the molecule is Cc1nc(NCCOCCN(C)C)ncc1C(=O)O. The highest BCUT2D eigenvalue weighted by atomic mass is 16.5. The van der Waals surface area contributed by atoms with Crippen molar-refractivity contribution in [1.29, 1.82) is 0 Å². The molecule has 0 radical (unpaired) electrons. The molecule has 7 nitrogen and oxygen atoms in total. The number of nitrogens with one attached hydrogen (secondary N) is 1. The van der Waals surface area contributed by atoms with E-state index in [1.165, 1.54) is 6.20 Å². The van der Waals surface area contributed by atoms with E-state index >= 15 is 0 Å². The highest BCUT2D eigenvalue weighted by molar-refractivity contribution is 5.88. The normalized spacial score (nSPS) is 10.7. The molecule has 106 valence electrons. The summed E-state index contributed by atoms with van der Waals surface area (Å²) in [5, 5.41) is 11.8. The fourth-order valence-electron chi connectivity index (χ4n) is 1.35. The van der Waals surface area contributed by atoms with Crippen LogP contribution in [0.15, 0.2) is 6.20 Å². The Morgan fingerprint density at radius 1 is 1.47 bits per heavy atom. The molecular weight excluding hydrogens is 248 g/mol. The van der Waals surface area contributed by atoms with Gasteiger partial charge in [-0.3, -0.25) is 0 Å². The maximum Gasteiger partial charge on any atom is 0.339 e. The van der Waals surface area contributed by atoms with Gasteiger partial charge < -0.3 is 20.1 Å². The van der Waals surface area contributed by atoms with Crippen molar-refractivity contribution >= 4 is 11.9 Å². The maximum absolute atomic E-state index is 10.8. The first-order valence-corrected chi connectivity index (χ1v) is 6.04. The summed E-state index contributed by atoms with van der Waals surface area (Å²) in [6.07, 6.45) is 1.31. The molecule has 0 fully saturated rings. The molecule has 0 aliphatic heterocycles. The quantitative estimate of drug-likeness (QED) is 0.663. The van der Waals surface area contributed by atoms with Gasteiger partial charge >= 0.3 is 5.97 Å². The molecule has 0 amide bonds. The molecule has 0 unspecified atom stereocenters. The number of aromatic nitrogens is 2. The van der Waals surface area contributed by atoms with Crippen molar-refractivity contribution in [3.05, 3.63) is 17.5 Å². The van der Waals surface area contributed by atoms with Gasteiger partial charge in [-0.25, -0.2) is 14.8 Å². The first kappa shape index (κ1) is 15.3. The van der Waals surface area contributed by atoms with Crippen LogP contribution in [0.5, 0.6) is 0 Å². The molecule has 1 rings (SSSR count). The summed E-state index contributed by atoms with van der Waals surface area (Å²) in [5.74, 6) is -0.602. The Kier molecular flexibility index (Phi) is 6.17. The van der Waals surface area contributed by atoms with E-state index in [0.29, 0.717) is 31.4 Å². The first-order chi connectivity index (χ1) is 9.00. The van der Waals surface area contributed by atoms with Gasteiger partial charge in [-0.2, -0.15) is 0 Å². The third-order valence-corrected chi connectivity index (χ3v) is 2.42. The van der Waals surface area contributed by atoms with E-state index in [-0.39, 0.29) is 5.56 Å². The fraction of sp³-hybridized carbons (Fsp3) is 0.583. The summed E-state index contributed by atoms with van der Waals surface area (Å²) in [6, 6.07) is 0. The number of carbonyl (C=O) groups is 1. The van der Waals surface area contributed by atoms with E-state index in [0.717, 1.165) is 6.54 Å². The number of carboxylic acids is 1. The zero-order valence-corrected chi connectivity index (χ0v) is 11.5. The van der Waals surface area contributed by atoms with Gasteiger partial charge in [0.1, 0.15) is 0 Å². The first-order valence-electron chi connectivity index (χ1n) is 6.04. The molecule has 1 aromatic rings. The van der Waals surface area contributed by atoms with Gasteiger partial charge in [0.25, 0.3) is 0 Å². The van der Waals surface area contributed by atoms with Crippen LogP contribution in [-0.4, -0.2) is 66.3 Å². The molecule has 7 heteroatoms. The van der Waals surface area contributed by atoms with Crippen LogP contribution in [0.4, 0.5) is 5.95 Å². The summed E-state index contributed by atoms with van der Waals surface area (Å²) in [5.41, 5.74) is 0.561. The van der Waals surface area contributed by atoms with Gasteiger partial charge in [-0.1, -0.05) is 0 Å². The number of hydrogen-bond acceptors (Lipinski definition) is 6. The molecule has 0 aliphatic rings. The van der Waals surface area contributed by atoms with Crippen LogP contribution in [0.25, 0.3) is 0 Å². The van der Waals surface area contributed by atoms with E-state index < -0.39 is 5.97 Å².